The second-order valence-corrected chi connectivity index (χ2v) is 6.33. The Morgan fingerprint density at radius 3 is 2.88 bits per heavy atom. The number of nitrogens with one attached hydrogen (secondary N) is 2. The lowest BCUT2D eigenvalue weighted by atomic mass is 10.1. The molecule has 24 heavy (non-hydrogen) atoms. The highest BCUT2D eigenvalue weighted by Crippen LogP contribution is 2.34. The zero-order chi connectivity index (χ0) is 16.9. The summed E-state index contributed by atoms with van der Waals surface area (Å²) < 4.78 is 10.6. The van der Waals surface area contributed by atoms with Gasteiger partial charge >= 0.3 is 0 Å². The van der Waals surface area contributed by atoms with Crippen LogP contribution >= 0.6 is 11.3 Å². The fourth-order valence-corrected chi connectivity index (χ4v) is 3.00. The Labute approximate surface area is 143 Å². The number of hydrogen-bond acceptors (Lipinski definition) is 5. The molecule has 2 aromatic rings. The van der Waals surface area contributed by atoms with Crippen molar-refractivity contribution in [1.29, 1.82) is 0 Å². The van der Waals surface area contributed by atoms with Crippen LogP contribution in [0.5, 0.6) is 11.5 Å². The molecule has 1 aliphatic heterocycles. The van der Waals surface area contributed by atoms with E-state index < -0.39 is 0 Å². The van der Waals surface area contributed by atoms with E-state index in [1.54, 1.807) is 6.07 Å². The van der Waals surface area contributed by atoms with E-state index in [1.807, 2.05) is 36.6 Å². The molecule has 0 aliphatic carbocycles. The molecule has 7 heteroatoms. The summed E-state index contributed by atoms with van der Waals surface area (Å²) in [5.41, 5.74) is 0.940. The average Bonchev–Trinajstić information content (AvgIpc) is 3.25. The van der Waals surface area contributed by atoms with Gasteiger partial charge in [-0.15, -0.1) is 11.3 Å². The van der Waals surface area contributed by atoms with Crippen LogP contribution in [-0.4, -0.2) is 25.2 Å². The molecule has 3 rings (SSSR count). The van der Waals surface area contributed by atoms with Crippen LogP contribution in [0.1, 0.15) is 34.6 Å². The average molecular weight is 346 g/mol. The minimum Gasteiger partial charge on any atom is -0.454 e. The largest absolute Gasteiger partial charge is 0.454 e. The Morgan fingerprint density at radius 2 is 2.08 bits per heavy atom. The molecule has 1 aromatic heterocycles. The van der Waals surface area contributed by atoms with Gasteiger partial charge in [0.15, 0.2) is 11.5 Å². The van der Waals surface area contributed by atoms with Gasteiger partial charge in [-0.3, -0.25) is 9.59 Å². The zero-order valence-corrected chi connectivity index (χ0v) is 14.0. The predicted octanol–water partition coefficient (Wildman–Crippen LogP) is 2.47. The maximum absolute atomic E-state index is 12.0. The molecule has 0 fully saturated rings. The van der Waals surface area contributed by atoms with E-state index in [9.17, 15) is 9.59 Å². The molecular weight excluding hydrogens is 328 g/mol. The molecule has 1 atom stereocenters. The van der Waals surface area contributed by atoms with Gasteiger partial charge in [-0.25, -0.2) is 0 Å². The summed E-state index contributed by atoms with van der Waals surface area (Å²) in [4.78, 5) is 24.4. The fourth-order valence-electron chi connectivity index (χ4n) is 2.36. The second kappa shape index (κ2) is 7.35. The van der Waals surface area contributed by atoms with E-state index in [4.69, 9.17) is 9.47 Å². The van der Waals surface area contributed by atoms with Gasteiger partial charge in [-0.1, -0.05) is 12.1 Å². The first-order valence-corrected chi connectivity index (χ1v) is 8.52. The van der Waals surface area contributed by atoms with Crippen LogP contribution in [0.4, 0.5) is 0 Å². The van der Waals surface area contributed by atoms with Gasteiger partial charge in [0.05, 0.1) is 10.9 Å². The van der Waals surface area contributed by atoms with E-state index in [1.165, 1.54) is 11.3 Å². The number of hydrogen-bond donors (Lipinski definition) is 2. The number of ether oxygens (including phenoxy) is 2. The molecule has 2 N–H and O–H groups in total. The van der Waals surface area contributed by atoms with Crippen LogP contribution in [0.3, 0.4) is 0 Å². The molecule has 2 heterocycles. The number of carbonyl (C=O) groups excluding carboxylic acids is 2. The van der Waals surface area contributed by atoms with Gasteiger partial charge in [0, 0.05) is 13.0 Å². The molecule has 1 aliphatic rings. The lowest BCUT2D eigenvalue weighted by Crippen LogP contribution is -2.31. The minimum absolute atomic E-state index is 0.119. The number of benzene rings is 1. The third-order valence-corrected chi connectivity index (χ3v) is 4.53. The van der Waals surface area contributed by atoms with Crippen LogP contribution < -0.4 is 20.1 Å². The van der Waals surface area contributed by atoms with Crippen LogP contribution in [0.25, 0.3) is 0 Å². The summed E-state index contributed by atoms with van der Waals surface area (Å²) in [6.45, 7) is 2.43. The molecule has 6 nitrogen and oxygen atoms in total. The molecule has 2 amide bonds. The van der Waals surface area contributed by atoms with Crippen molar-refractivity contribution in [3.63, 3.8) is 0 Å². The molecule has 1 unspecified atom stereocenters. The van der Waals surface area contributed by atoms with Gasteiger partial charge in [-0.05, 0) is 36.1 Å². The van der Waals surface area contributed by atoms with Crippen LogP contribution in [0.15, 0.2) is 35.7 Å². The van der Waals surface area contributed by atoms with Crippen LogP contribution in [0, 0.1) is 0 Å². The molecule has 0 bridgehead atoms. The van der Waals surface area contributed by atoms with E-state index in [2.05, 4.69) is 10.6 Å². The summed E-state index contributed by atoms with van der Waals surface area (Å²) in [5, 5.41) is 7.49. The van der Waals surface area contributed by atoms with E-state index in [0.29, 0.717) is 22.9 Å². The maximum atomic E-state index is 12.0. The molecular formula is C17H18N2O4S. The van der Waals surface area contributed by atoms with Gasteiger partial charge < -0.3 is 20.1 Å². The minimum atomic E-state index is -0.153. The molecule has 126 valence electrons. The molecule has 0 saturated heterocycles. The van der Waals surface area contributed by atoms with Crippen molar-refractivity contribution in [2.24, 2.45) is 0 Å². The maximum Gasteiger partial charge on any atom is 0.261 e. The Balaban J connectivity index is 1.45. The van der Waals surface area contributed by atoms with Crippen LogP contribution in [0.2, 0.25) is 0 Å². The number of thiophene rings is 1. The van der Waals surface area contributed by atoms with Gasteiger partial charge in [-0.2, -0.15) is 0 Å². The normalized spacial score (nSPS) is 13.4. The highest BCUT2D eigenvalue weighted by Gasteiger charge is 2.17. The van der Waals surface area contributed by atoms with Crippen molar-refractivity contribution in [3.8, 4) is 11.5 Å². The highest BCUT2D eigenvalue weighted by molar-refractivity contribution is 7.12. The predicted molar refractivity (Wildman–Crippen MR) is 90.4 cm³/mol. The summed E-state index contributed by atoms with van der Waals surface area (Å²) in [7, 11) is 0. The molecule has 0 radical (unpaired) electrons. The molecule has 1 aromatic carbocycles. The van der Waals surface area contributed by atoms with Gasteiger partial charge in [0.25, 0.3) is 5.91 Å². The lowest BCUT2D eigenvalue weighted by molar-refractivity contribution is -0.121. The number of rotatable bonds is 6. The number of carbonyl (C=O) groups is 2. The third kappa shape index (κ3) is 3.86. The van der Waals surface area contributed by atoms with Crippen LogP contribution in [-0.2, 0) is 4.79 Å². The first kappa shape index (κ1) is 16.3. The van der Waals surface area contributed by atoms with Gasteiger partial charge in [0.1, 0.15) is 0 Å². The SMILES string of the molecule is CC(NC(=O)CCNC(=O)c1cccs1)c1ccc2c(c1)OCO2. The first-order valence-electron chi connectivity index (χ1n) is 7.64. The Hall–Kier alpha value is -2.54. The summed E-state index contributed by atoms with van der Waals surface area (Å²) in [6.07, 6.45) is 0.228. The van der Waals surface area contributed by atoms with E-state index in [-0.39, 0.29) is 31.1 Å². The number of fused-ring (bicyclic) bond motifs is 1. The standard InChI is InChI=1S/C17H18N2O4S/c1-11(12-4-5-13-14(9-12)23-10-22-13)19-16(20)6-7-18-17(21)15-3-2-8-24-15/h2-5,8-9,11H,6-7,10H2,1H3,(H,18,21)(H,19,20). The Kier molecular flexibility index (Phi) is 5.00. The zero-order valence-electron chi connectivity index (χ0n) is 13.2. The van der Waals surface area contributed by atoms with E-state index in [0.717, 1.165) is 5.56 Å². The van der Waals surface area contributed by atoms with Gasteiger partial charge in [0.2, 0.25) is 12.7 Å². The van der Waals surface area contributed by atoms with Crippen molar-refractivity contribution in [2.45, 2.75) is 19.4 Å². The second-order valence-electron chi connectivity index (χ2n) is 5.39. The summed E-state index contributed by atoms with van der Waals surface area (Å²) in [6, 6.07) is 9.02. The molecule has 0 spiro atoms. The Morgan fingerprint density at radius 1 is 1.25 bits per heavy atom. The topological polar surface area (TPSA) is 76.7 Å². The smallest absolute Gasteiger partial charge is 0.261 e. The fraction of sp³-hybridized carbons (Fsp3) is 0.294. The van der Waals surface area contributed by atoms with Crippen molar-refractivity contribution >= 4 is 23.2 Å². The van der Waals surface area contributed by atoms with E-state index >= 15 is 0 Å². The third-order valence-electron chi connectivity index (χ3n) is 3.66. The van der Waals surface area contributed by atoms with Crippen molar-refractivity contribution in [1.82, 2.24) is 10.6 Å². The quantitative estimate of drug-likeness (QED) is 0.842. The summed E-state index contributed by atoms with van der Waals surface area (Å²) >= 11 is 1.37. The Bertz CT molecular complexity index is 730. The van der Waals surface area contributed by atoms with Crippen molar-refractivity contribution < 1.29 is 19.1 Å². The number of amides is 2. The monoisotopic (exact) mass is 346 g/mol. The summed E-state index contributed by atoms with van der Waals surface area (Å²) in [5.74, 6) is 1.14. The lowest BCUT2D eigenvalue weighted by Gasteiger charge is -2.15. The van der Waals surface area contributed by atoms with Crippen molar-refractivity contribution in [3.05, 3.63) is 46.2 Å². The first-order chi connectivity index (χ1) is 11.6. The molecule has 0 saturated carbocycles. The van der Waals surface area contributed by atoms with Crippen molar-refractivity contribution in [2.75, 3.05) is 13.3 Å². The highest BCUT2D eigenvalue weighted by atomic mass is 32.1.